The molecule has 0 N–H and O–H groups in total. The second kappa shape index (κ2) is 18.9. The number of ether oxygens (including phenoxy) is 2. The molecule has 0 saturated heterocycles. The van der Waals surface area contributed by atoms with Crippen LogP contribution in [0.15, 0.2) is 163 Å². The maximum Gasteiger partial charge on any atom is 0.338 e. The highest BCUT2D eigenvalue weighted by molar-refractivity contribution is 7.24. The molecule has 252 valence electrons. The van der Waals surface area contributed by atoms with Gasteiger partial charge in [0.25, 0.3) is 0 Å². The third-order valence-electron chi connectivity index (χ3n) is 7.82. The molecule has 0 aliphatic carbocycles. The fraction of sp³-hybridized carbons (Fsp3) is 0.136. The maximum absolute atomic E-state index is 12.8. The van der Waals surface area contributed by atoms with E-state index in [9.17, 15) is 9.59 Å². The quantitative estimate of drug-likeness (QED) is 0.0698. The Bertz CT molecular complexity index is 2090. The number of esters is 1. The van der Waals surface area contributed by atoms with E-state index in [4.69, 9.17) is 9.47 Å². The van der Waals surface area contributed by atoms with Gasteiger partial charge in [0.2, 0.25) is 6.71 Å². The Labute approximate surface area is 300 Å². The van der Waals surface area contributed by atoms with Gasteiger partial charge in [0.05, 0.1) is 5.56 Å². The Kier molecular flexibility index (Phi) is 14.1. The first-order valence-electron chi connectivity index (χ1n) is 16.5. The molecule has 0 saturated carbocycles. The van der Waals surface area contributed by atoms with E-state index in [0.717, 1.165) is 9.40 Å². The Balaban J connectivity index is 0.000000496. The van der Waals surface area contributed by atoms with E-state index in [0.29, 0.717) is 22.1 Å². The predicted molar refractivity (Wildman–Crippen MR) is 215 cm³/mol. The summed E-state index contributed by atoms with van der Waals surface area (Å²) < 4.78 is 13.0. The van der Waals surface area contributed by atoms with Gasteiger partial charge in [-0.1, -0.05) is 158 Å². The van der Waals surface area contributed by atoms with Crippen molar-refractivity contribution < 1.29 is 14.3 Å². The summed E-state index contributed by atoms with van der Waals surface area (Å²) in [5.41, 5.74) is 5.33. The van der Waals surface area contributed by atoms with E-state index >= 15 is 0 Å². The van der Waals surface area contributed by atoms with Crippen molar-refractivity contribution in [2.45, 2.75) is 28.2 Å². The highest BCUT2D eigenvalue weighted by Gasteiger charge is 2.21. The highest BCUT2D eigenvalue weighted by Crippen LogP contribution is 2.25. The lowest BCUT2D eigenvalue weighted by atomic mass is 9.37. The van der Waals surface area contributed by atoms with Gasteiger partial charge in [0.15, 0.2) is 5.43 Å². The smallest absolute Gasteiger partial charge is 0.338 e. The number of hydrogen-bond donors (Lipinski definition) is 0. The molecule has 0 atom stereocenters. The highest BCUT2D eigenvalue weighted by atomic mass is 32.1. The molecule has 1 heterocycles. The van der Waals surface area contributed by atoms with Gasteiger partial charge in [-0.05, 0) is 49.4 Å². The molecule has 0 aliphatic heterocycles. The molecule has 6 heteroatoms. The van der Waals surface area contributed by atoms with Crippen LogP contribution in [0, 0.1) is 6.92 Å². The standard InChI is InChI=1S/C34H25BO4S.C7H8.C2H6.CH4/c36-33-29-13-7-8-14-31(29)40-32-23-24(15-20-30(32)33)34(37)39-22-21-38-28-18-16-27(17-19-28)35(25-9-3-1-4-10-25)26-11-5-2-6-12-26;1-7-5-3-2-4-6-7;1-2;/h1-20,23H,21-22H2;2-6H,1H3;1-2H3;1H4. The first-order chi connectivity index (χ1) is 24.1. The van der Waals surface area contributed by atoms with Gasteiger partial charge >= 0.3 is 5.97 Å². The van der Waals surface area contributed by atoms with Gasteiger partial charge in [-0.3, -0.25) is 4.79 Å². The first kappa shape index (κ1) is 37.4. The lowest BCUT2D eigenvalue weighted by molar-refractivity contribution is 0.0450. The van der Waals surface area contributed by atoms with Crippen molar-refractivity contribution in [3.05, 3.63) is 179 Å². The van der Waals surface area contributed by atoms with Crippen molar-refractivity contribution in [2.75, 3.05) is 13.2 Å². The van der Waals surface area contributed by atoms with E-state index in [-0.39, 0.29) is 32.8 Å². The fourth-order valence-corrected chi connectivity index (χ4v) is 6.58. The number of benzene rings is 6. The normalized spacial score (nSPS) is 10.1. The molecule has 7 aromatic rings. The molecule has 7 rings (SSSR count). The van der Waals surface area contributed by atoms with Crippen LogP contribution < -0.4 is 26.6 Å². The number of hydrogen-bond acceptors (Lipinski definition) is 5. The Hall–Kier alpha value is -5.46. The summed E-state index contributed by atoms with van der Waals surface area (Å²) in [5.74, 6) is 0.268. The molecule has 6 aromatic carbocycles. The maximum atomic E-state index is 12.8. The van der Waals surface area contributed by atoms with E-state index in [1.165, 1.54) is 33.3 Å². The van der Waals surface area contributed by atoms with E-state index < -0.39 is 5.97 Å². The molecular formula is C44H43BO4S. The molecule has 50 heavy (non-hydrogen) atoms. The SMILES string of the molecule is C.CC.Cc1ccccc1.O=C(OCCOc1ccc(B(c2ccccc2)c2ccccc2)cc1)c1ccc2c(=O)c3ccccc3sc2c1. The van der Waals surface area contributed by atoms with Crippen LogP contribution in [0.4, 0.5) is 0 Å². The van der Waals surface area contributed by atoms with Crippen LogP contribution in [-0.2, 0) is 4.74 Å². The summed E-state index contributed by atoms with van der Waals surface area (Å²) in [7, 11) is 0. The molecule has 4 nitrogen and oxygen atoms in total. The van der Waals surface area contributed by atoms with Crippen LogP contribution in [-0.4, -0.2) is 25.9 Å². The molecule has 0 amide bonds. The van der Waals surface area contributed by atoms with Gasteiger partial charge in [-0.2, -0.15) is 0 Å². The van der Waals surface area contributed by atoms with Crippen LogP contribution >= 0.6 is 11.3 Å². The molecule has 0 fully saturated rings. The fourth-order valence-electron chi connectivity index (χ4n) is 5.46. The second-order valence-corrected chi connectivity index (χ2v) is 12.2. The summed E-state index contributed by atoms with van der Waals surface area (Å²) in [6, 6.07) is 51.8. The number of carbonyl (C=O) groups is 1. The monoisotopic (exact) mass is 678 g/mol. The Morgan fingerprint density at radius 1 is 0.600 bits per heavy atom. The average Bonchev–Trinajstić information content (AvgIpc) is 3.16. The minimum Gasteiger partial charge on any atom is -0.490 e. The van der Waals surface area contributed by atoms with Crippen molar-refractivity contribution >= 4 is 60.6 Å². The molecule has 0 unspecified atom stereocenters. The second-order valence-electron chi connectivity index (χ2n) is 11.1. The average molecular weight is 679 g/mol. The molecule has 0 bridgehead atoms. The largest absolute Gasteiger partial charge is 0.490 e. The molecule has 0 radical (unpaired) electrons. The zero-order valence-corrected chi connectivity index (χ0v) is 28.9. The molecule has 1 aromatic heterocycles. The summed E-state index contributed by atoms with van der Waals surface area (Å²) in [4.78, 5) is 25.5. The summed E-state index contributed by atoms with van der Waals surface area (Å²) in [6.45, 7) is 6.55. The molecular weight excluding hydrogens is 635 g/mol. The third kappa shape index (κ3) is 9.58. The lowest BCUT2D eigenvalue weighted by Crippen LogP contribution is -2.51. The first-order valence-corrected chi connectivity index (χ1v) is 17.4. The van der Waals surface area contributed by atoms with E-state index in [1.807, 2.05) is 80.6 Å². The van der Waals surface area contributed by atoms with Crippen molar-refractivity contribution in [2.24, 2.45) is 0 Å². The Morgan fingerprint density at radius 3 is 1.70 bits per heavy atom. The summed E-state index contributed by atoms with van der Waals surface area (Å²) in [6.07, 6.45) is 0. The van der Waals surface area contributed by atoms with Crippen molar-refractivity contribution in [3.8, 4) is 5.75 Å². The van der Waals surface area contributed by atoms with Crippen LogP contribution in [0.3, 0.4) is 0 Å². The van der Waals surface area contributed by atoms with Gasteiger partial charge < -0.3 is 9.47 Å². The predicted octanol–water partition coefficient (Wildman–Crippen LogP) is 8.82. The number of rotatable bonds is 8. The van der Waals surface area contributed by atoms with E-state index in [2.05, 4.69) is 79.7 Å². The molecule has 0 aliphatic rings. The number of aryl methyl sites for hydroxylation is 1. The van der Waals surface area contributed by atoms with Crippen LogP contribution in [0.5, 0.6) is 5.75 Å². The lowest BCUT2D eigenvalue weighted by Gasteiger charge is -2.16. The molecule has 0 spiro atoms. The van der Waals surface area contributed by atoms with Crippen LogP contribution in [0.1, 0.15) is 37.2 Å². The zero-order chi connectivity index (χ0) is 34.4. The summed E-state index contributed by atoms with van der Waals surface area (Å²) >= 11 is 1.49. The zero-order valence-electron chi connectivity index (χ0n) is 28.0. The van der Waals surface area contributed by atoms with E-state index in [1.54, 1.807) is 18.2 Å². The van der Waals surface area contributed by atoms with Crippen molar-refractivity contribution in [1.29, 1.82) is 0 Å². The van der Waals surface area contributed by atoms with Gasteiger partial charge in [-0.25, -0.2) is 4.79 Å². The minimum atomic E-state index is -0.442. The van der Waals surface area contributed by atoms with Crippen LogP contribution in [0.2, 0.25) is 0 Å². The van der Waals surface area contributed by atoms with Crippen LogP contribution in [0.25, 0.3) is 20.2 Å². The van der Waals surface area contributed by atoms with Crippen molar-refractivity contribution in [1.82, 2.24) is 0 Å². The Morgan fingerprint density at radius 2 is 1.12 bits per heavy atom. The van der Waals surface area contributed by atoms with Crippen molar-refractivity contribution in [3.63, 3.8) is 0 Å². The van der Waals surface area contributed by atoms with Gasteiger partial charge in [0, 0.05) is 20.2 Å². The van der Waals surface area contributed by atoms with Gasteiger partial charge in [-0.15, -0.1) is 11.3 Å². The minimum absolute atomic E-state index is 0. The van der Waals surface area contributed by atoms with Gasteiger partial charge in [0.1, 0.15) is 19.0 Å². The third-order valence-corrected chi connectivity index (χ3v) is 8.95. The number of carbonyl (C=O) groups excluding carboxylic acids is 1. The summed E-state index contributed by atoms with van der Waals surface area (Å²) in [5, 5.41) is 1.30. The topological polar surface area (TPSA) is 52.6 Å². The number of fused-ring (bicyclic) bond motifs is 2.